The quantitative estimate of drug-likeness (QED) is 0.902. The summed E-state index contributed by atoms with van der Waals surface area (Å²) in [6, 6.07) is 7.82. The number of aliphatic carboxylic acids is 1. The molecule has 1 aromatic carbocycles. The van der Waals surface area contributed by atoms with Crippen molar-refractivity contribution in [2.24, 2.45) is 17.8 Å². The zero-order chi connectivity index (χ0) is 17.1. The van der Waals surface area contributed by atoms with E-state index < -0.39 is 11.9 Å². The van der Waals surface area contributed by atoms with Gasteiger partial charge in [-0.2, -0.15) is 0 Å². The number of carbonyl (C=O) groups is 2. The number of carbonyl (C=O) groups excluding carboxylic acids is 1. The number of carboxylic acid groups (broad SMARTS) is 1. The van der Waals surface area contributed by atoms with Crippen LogP contribution in [0.25, 0.3) is 0 Å². The van der Waals surface area contributed by atoms with Gasteiger partial charge in [0.25, 0.3) is 0 Å². The molecule has 4 heteroatoms. The molecule has 0 spiro atoms. The van der Waals surface area contributed by atoms with E-state index in [2.05, 4.69) is 0 Å². The van der Waals surface area contributed by atoms with Crippen LogP contribution in [0.1, 0.15) is 43.2 Å². The third-order valence-corrected chi connectivity index (χ3v) is 5.83. The zero-order valence-corrected chi connectivity index (χ0v) is 14.4. The third-order valence-electron chi connectivity index (χ3n) is 5.83. The summed E-state index contributed by atoms with van der Waals surface area (Å²) in [7, 11) is 0. The van der Waals surface area contributed by atoms with Crippen molar-refractivity contribution in [1.29, 1.82) is 0 Å². The first-order valence-electron chi connectivity index (χ1n) is 9.09. The van der Waals surface area contributed by atoms with Crippen LogP contribution in [0, 0.1) is 24.7 Å². The van der Waals surface area contributed by atoms with Crippen molar-refractivity contribution in [3.05, 3.63) is 35.4 Å². The average molecular weight is 329 g/mol. The Morgan fingerprint density at radius 3 is 2.38 bits per heavy atom. The molecule has 1 saturated heterocycles. The van der Waals surface area contributed by atoms with Crippen molar-refractivity contribution in [1.82, 2.24) is 4.90 Å². The molecule has 0 bridgehead atoms. The van der Waals surface area contributed by atoms with Gasteiger partial charge in [0.1, 0.15) is 0 Å². The minimum absolute atomic E-state index is 0.0189. The number of aryl methyl sites for hydroxylation is 1. The zero-order valence-electron chi connectivity index (χ0n) is 14.4. The van der Waals surface area contributed by atoms with Crippen LogP contribution in [-0.2, 0) is 16.0 Å². The summed E-state index contributed by atoms with van der Waals surface area (Å²) in [4.78, 5) is 26.2. The lowest BCUT2D eigenvalue weighted by atomic mass is 9.82. The predicted octanol–water partition coefficient (Wildman–Crippen LogP) is 3.28. The van der Waals surface area contributed by atoms with Crippen LogP contribution in [0.3, 0.4) is 0 Å². The summed E-state index contributed by atoms with van der Waals surface area (Å²) in [5.41, 5.74) is 2.11. The second-order valence-electron chi connectivity index (χ2n) is 7.47. The molecule has 2 fully saturated rings. The number of rotatable bonds is 5. The van der Waals surface area contributed by atoms with Crippen molar-refractivity contribution in [2.45, 2.75) is 45.4 Å². The Bertz CT molecular complexity index is 599. The maximum Gasteiger partial charge on any atom is 0.307 e. The molecule has 130 valence electrons. The van der Waals surface area contributed by atoms with Gasteiger partial charge in [-0.1, -0.05) is 37.1 Å². The number of nitrogens with zero attached hydrogens (tertiary/aromatic N) is 1. The highest BCUT2D eigenvalue weighted by Gasteiger charge is 2.37. The molecule has 1 saturated carbocycles. The highest BCUT2D eigenvalue weighted by Crippen LogP contribution is 2.36. The Labute approximate surface area is 143 Å². The maximum absolute atomic E-state index is 12.6. The number of amides is 1. The minimum atomic E-state index is -0.872. The predicted molar refractivity (Wildman–Crippen MR) is 92.7 cm³/mol. The fourth-order valence-electron chi connectivity index (χ4n) is 4.30. The normalized spacial score (nSPS) is 24.5. The van der Waals surface area contributed by atoms with Crippen LogP contribution in [-0.4, -0.2) is 35.0 Å². The molecular weight excluding hydrogens is 302 g/mol. The molecule has 4 nitrogen and oxygen atoms in total. The fourth-order valence-corrected chi connectivity index (χ4v) is 4.30. The summed E-state index contributed by atoms with van der Waals surface area (Å²) >= 11 is 0. The average Bonchev–Trinajstić information content (AvgIpc) is 3.00. The molecule has 3 rings (SSSR count). The summed E-state index contributed by atoms with van der Waals surface area (Å²) in [5.74, 6) is -0.209. The van der Waals surface area contributed by atoms with E-state index in [1.54, 1.807) is 0 Å². The highest BCUT2D eigenvalue weighted by molar-refractivity contribution is 5.82. The molecule has 1 amide bonds. The molecule has 24 heavy (non-hydrogen) atoms. The van der Waals surface area contributed by atoms with E-state index in [4.69, 9.17) is 0 Å². The number of fused-ring (bicyclic) bond motifs is 1. The monoisotopic (exact) mass is 329 g/mol. The lowest BCUT2D eigenvalue weighted by molar-refractivity contribution is -0.145. The van der Waals surface area contributed by atoms with Crippen LogP contribution in [0.2, 0.25) is 0 Å². The minimum Gasteiger partial charge on any atom is -0.481 e. The van der Waals surface area contributed by atoms with E-state index in [1.807, 2.05) is 36.1 Å². The molecule has 0 aromatic heterocycles. The van der Waals surface area contributed by atoms with Gasteiger partial charge >= 0.3 is 5.97 Å². The first kappa shape index (κ1) is 17.0. The van der Waals surface area contributed by atoms with E-state index in [9.17, 15) is 14.7 Å². The van der Waals surface area contributed by atoms with Gasteiger partial charge in [0, 0.05) is 19.5 Å². The maximum atomic E-state index is 12.6. The van der Waals surface area contributed by atoms with E-state index >= 15 is 0 Å². The molecular formula is C20H27NO3. The molecule has 3 unspecified atom stereocenters. The Hall–Kier alpha value is -1.84. The Morgan fingerprint density at radius 2 is 1.79 bits per heavy atom. The summed E-state index contributed by atoms with van der Waals surface area (Å²) in [6.45, 7) is 3.65. The van der Waals surface area contributed by atoms with Crippen LogP contribution < -0.4 is 0 Å². The molecule has 1 aliphatic heterocycles. The smallest absolute Gasteiger partial charge is 0.307 e. The highest BCUT2D eigenvalue weighted by atomic mass is 16.4. The Morgan fingerprint density at radius 1 is 1.17 bits per heavy atom. The van der Waals surface area contributed by atoms with Gasteiger partial charge in [-0.15, -0.1) is 0 Å². The molecule has 1 heterocycles. The number of carboxylic acids is 1. The van der Waals surface area contributed by atoms with E-state index in [1.165, 1.54) is 25.7 Å². The van der Waals surface area contributed by atoms with Crippen molar-refractivity contribution >= 4 is 11.9 Å². The number of benzene rings is 1. The molecule has 2 aliphatic rings. The molecule has 1 N–H and O–H groups in total. The molecule has 3 atom stereocenters. The van der Waals surface area contributed by atoms with Crippen molar-refractivity contribution in [3.8, 4) is 0 Å². The standard InChI is InChI=1S/C20H27NO3/c1-14-6-2-3-7-15(14)10-18(20(23)24)11-19(22)21-12-16-8-4-5-9-17(16)13-21/h2-3,6-7,16-18H,4-5,8-13H2,1H3,(H,23,24). The van der Waals surface area contributed by atoms with Crippen LogP contribution in [0.4, 0.5) is 0 Å². The van der Waals surface area contributed by atoms with E-state index in [-0.39, 0.29) is 12.3 Å². The Kier molecular flexibility index (Phi) is 5.22. The first-order chi connectivity index (χ1) is 11.5. The third kappa shape index (κ3) is 3.80. The molecule has 0 radical (unpaired) electrons. The second-order valence-corrected chi connectivity index (χ2v) is 7.47. The number of hydrogen-bond donors (Lipinski definition) is 1. The lowest BCUT2D eigenvalue weighted by Gasteiger charge is -2.22. The van der Waals surface area contributed by atoms with Gasteiger partial charge in [0.05, 0.1) is 5.92 Å². The van der Waals surface area contributed by atoms with Gasteiger partial charge in [0.15, 0.2) is 0 Å². The van der Waals surface area contributed by atoms with E-state index in [0.717, 1.165) is 24.2 Å². The molecule has 1 aromatic rings. The van der Waals surface area contributed by atoms with Crippen LogP contribution >= 0.6 is 0 Å². The van der Waals surface area contributed by atoms with Gasteiger partial charge in [-0.3, -0.25) is 9.59 Å². The van der Waals surface area contributed by atoms with Gasteiger partial charge in [-0.05, 0) is 49.1 Å². The SMILES string of the molecule is Cc1ccccc1CC(CC(=O)N1CC2CCCCC2C1)C(=O)O. The lowest BCUT2D eigenvalue weighted by Crippen LogP contribution is -2.33. The van der Waals surface area contributed by atoms with Crippen molar-refractivity contribution < 1.29 is 14.7 Å². The second kappa shape index (κ2) is 7.37. The van der Waals surface area contributed by atoms with Gasteiger partial charge in [0.2, 0.25) is 5.91 Å². The summed E-state index contributed by atoms with van der Waals surface area (Å²) < 4.78 is 0. The number of hydrogen-bond acceptors (Lipinski definition) is 2. The fraction of sp³-hybridized carbons (Fsp3) is 0.600. The summed E-state index contributed by atoms with van der Waals surface area (Å²) in [5, 5.41) is 9.55. The van der Waals surface area contributed by atoms with Crippen LogP contribution in [0.5, 0.6) is 0 Å². The summed E-state index contributed by atoms with van der Waals surface area (Å²) in [6.07, 6.45) is 5.53. The van der Waals surface area contributed by atoms with Crippen LogP contribution in [0.15, 0.2) is 24.3 Å². The Balaban J connectivity index is 1.62. The van der Waals surface area contributed by atoms with Gasteiger partial charge in [-0.25, -0.2) is 0 Å². The van der Waals surface area contributed by atoms with Crippen molar-refractivity contribution in [2.75, 3.05) is 13.1 Å². The van der Waals surface area contributed by atoms with Gasteiger partial charge < -0.3 is 10.0 Å². The topological polar surface area (TPSA) is 57.6 Å². The largest absolute Gasteiger partial charge is 0.481 e. The van der Waals surface area contributed by atoms with E-state index in [0.29, 0.717) is 18.3 Å². The molecule has 1 aliphatic carbocycles. The number of likely N-dealkylation sites (tertiary alicyclic amines) is 1. The van der Waals surface area contributed by atoms with Crippen molar-refractivity contribution in [3.63, 3.8) is 0 Å². The first-order valence-corrected chi connectivity index (χ1v) is 9.09.